The summed E-state index contributed by atoms with van der Waals surface area (Å²) in [4.78, 5) is 48.8. The van der Waals surface area contributed by atoms with Crippen LogP contribution in [0, 0.1) is 5.92 Å². The molecule has 2 rings (SSSR count). The van der Waals surface area contributed by atoms with Gasteiger partial charge >= 0.3 is 11.8 Å². The molecule has 1 aliphatic rings. The quantitative estimate of drug-likeness (QED) is 0.285. The summed E-state index contributed by atoms with van der Waals surface area (Å²) in [6, 6.07) is 4.49. The molecule has 0 saturated heterocycles. The molecule has 0 spiro atoms. The molecular formula is C21H31N5O6S. The van der Waals surface area contributed by atoms with Crippen LogP contribution in [0.1, 0.15) is 50.9 Å². The van der Waals surface area contributed by atoms with Gasteiger partial charge in [0, 0.05) is 24.7 Å². The van der Waals surface area contributed by atoms with Gasteiger partial charge in [-0.05, 0) is 37.0 Å². The van der Waals surface area contributed by atoms with Gasteiger partial charge in [0.15, 0.2) is 0 Å². The number of carbonyl (C=O) groups excluding carboxylic acids is 4. The normalized spacial score (nSPS) is 14.5. The molecular weight excluding hydrogens is 450 g/mol. The summed E-state index contributed by atoms with van der Waals surface area (Å²) in [5.41, 5.74) is 4.24. The highest BCUT2D eigenvalue weighted by molar-refractivity contribution is 7.89. The minimum Gasteiger partial charge on any atom is -0.345 e. The molecule has 0 aromatic heterocycles. The van der Waals surface area contributed by atoms with Crippen LogP contribution in [0.3, 0.4) is 0 Å². The standard InChI is InChI=1S/C21H31N5O6S/c1-5-26(6-2)33(31,32)16-9-7-8-14(12-16)18(27)23-17(13(3)4)19(28)24-25-21(30)20(29)22-15-10-11-15/h7-9,12-13,15,17H,5-6,10-11H2,1-4H3,(H,22,29)(H,23,27)(H,24,28)(H,25,30)/t17-/m0/s1. The number of nitrogens with one attached hydrogen (secondary N) is 4. The highest BCUT2D eigenvalue weighted by Crippen LogP contribution is 2.18. The molecule has 0 bridgehead atoms. The van der Waals surface area contributed by atoms with Gasteiger partial charge < -0.3 is 10.6 Å². The Labute approximate surface area is 193 Å². The Balaban J connectivity index is 2.06. The van der Waals surface area contributed by atoms with Crippen molar-refractivity contribution in [3.05, 3.63) is 29.8 Å². The number of carbonyl (C=O) groups is 4. The first kappa shape index (κ1) is 26.3. The highest BCUT2D eigenvalue weighted by atomic mass is 32.2. The summed E-state index contributed by atoms with van der Waals surface area (Å²) in [7, 11) is -3.76. The molecule has 1 aromatic rings. The van der Waals surface area contributed by atoms with E-state index >= 15 is 0 Å². The molecule has 0 unspecified atom stereocenters. The maximum Gasteiger partial charge on any atom is 0.327 e. The lowest BCUT2D eigenvalue weighted by Crippen LogP contribution is -2.56. The Hall–Kier alpha value is -2.99. The van der Waals surface area contributed by atoms with Crippen LogP contribution in [0.4, 0.5) is 0 Å². The van der Waals surface area contributed by atoms with E-state index in [1.807, 2.05) is 5.43 Å². The van der Waals surface area contributed by atoms with E-state index in [-0.39, 0.29) is 35.5 Å². The maximum absolute atomic E-state index is 12.8. The summed E-state index contributed by atoms with van der Waals surface area (Å²) in [5.74, 6) is -3.61. The molecule has 1 aliphatic carbocycles. The Morgan fingerprint density at radius 1 is 1.03 bits per heavy atom. The topological polar surface area (TPSA) is 154 Å². The zero-order chi connectivity index (χ0) is 24.8. The van der Waals surface area contributed by atoms with Gasteiger partial charge in [0.2, 0.25) is 10.0 Å². The number of hydrazine groups is 1. The van der Waals surface area contributed by atoms with Crippen molar-refractivity contribution in [1.82, 2.24) is 25.8 Å². The summed E-state index contributed by atoms with van der Waals surface area (Å²) >= 11 is 0. The summed E-state index contributed by atoms with van der Waals surface area (Å²) in [5, 5.41) is 5.04. The smallest absolute Gasteiger partial charge is 0.327 e. The largest absolute Gasteiger partial charge is 0.345 e. The molecule has 11 nitrogen and oxygen atoms in total. The third kappa shape index (κ3) is 6.99. The molecule has 1 fully saturated rings. The minimum absolute atomic E-state index is 0.0111. The molecule has 1 aromatic carbocycles. The van der Waals surface area contributed by atoms with Crippen molar-refractivity contribution < 1.29 is 27.6 Å². The Kier molecular flexibility index (Phi) is 8.94. The highest BCUT2D eigenvalue weighted by Gasteiger charge is 2.29. The molecule has 12 heteroatoms. The van der Waals surface area contributed by atoms with E-state index in [4.69, 9.17) is 0 Å². The Morgan fingerprint density at radius 2 is 1.67 bits per heavy atom. The number of rotatable bonds is 9. The first-order valence-corrected chi connectivity index (χ1v) is 12.3. The van der Waals surface area contributed by atoms with Crippen LogP contribution in [0.15, 0.2) is 29.2 Å². The van der Waals surface area contributed by atoms with Crippen molar-refractivity contribution in [3.63, 3.8) is 0 Å². The first-order chi connectivity index (χ1) is 15.5. The maximum atomic E-state index is 12.8. The minimum atomic E-state index is -3.76. The third-order valence-corrected chi connectivity index (χ3v) is 7.14. The lowest BCUT2D eigenvalue weighted by molar-refractivity contribution is -0.141. The van der Waals surface area contributed by atoms with Crippen molar-refractivity contribution in [2.24, 2.45) is 5.92 Å². The predicted molar refractivity (Wildman–Crippen MR) is 120 cm³/mol. The van der Waals surface area contributed by atoms with Gasteiger partial charge in [-0.1, -0.05) is 33.8 Å². The summed E-state index contributed by atoms with van der Waals surface area (Å²) in [6.07, 6.45) is 1.62. The molecule has 1 atom stereocenters. The van der Waals surface area contributed by atoms with Gasteiger partial charge in [0.1, 0.15) is 6.04 Å². The van der Waals surface area contributed by atoms with Gasteiger partial charge in [-0.2, -0.15) is 4.31 Å². The second kappa shape index (κ2) is 11.2. The van der Waals surface area contributed by atoms with Crippen LogP contribution in [0.2, 0.25) is 0 Å². The van der Waals surface area contributed by atoms with Crippen molar-refractivity contribution in [2.45, 2.75) is 57.5 Å². The van der Waals surface area contributed by atoms with Gasteiger partial charge in [-0.3, -0.25) is 30.0 Å². The van der Waals surface area contributed by atoms with Crippen LogP contribution in [0.5, 0.6) is 0 Å². The van der Waals surface area contributed by atoms with Gasteiger partial charge in [-0.15, -0.1) is 0 Å². The van der Waals surface area contributed by atoms with Crippen molar-refractivity contribution in [1.29, 1.82) is 0 Å². The van der Waals surface area contributed by atoms with E-state index in [2.05, 4.69) is 16.1 Å². The molecule has 4 N–H and O–H groups in total. The number of sulfonamides is 1. The number of hydrogen-bond acceptors (Lipinski definition) is 6. The fourth-order valence-corrected chi connectivity index (χ4v) is 4.51. The van der Waals surface area contributed by atoms with Gasteiger partial charge in [-0.25, -0.2) is 8.42 Å². The lowest BCUT2D eigenvalue weighted by Gasteiger charge is -2.22. The van der Waals surface area contributed by atoms with Crippen LogP contribution in [-0.2, 0) is 24.4 Å². The molecule has 0 radical (unpaired) electrons. The fourth-order valence-electron chi connectivity index (χ4n) is 3.00. The van der Waals surface area contributed by atoms with E-state index in [1.54, 1.807) is 27.7 Å². The molecule has 4 amide bonds. The zero-order valence-corrected chi connectivity index (χ0v) is 20.0. The van der Waals surface area contributed by atoms with Crippen LogP contribution in [-0.4, -0.2) is 61.5 Å². The van der Waals surface area contributed by atoms with Crippen LogP contribution in [0.25, 0.3) is 0 Å². The average molecular weight is 482 g/mol. The van der Waals surface area contributed by atoms with Crippen LogP contribution < -0.4 is 21.5 Å². The van der Waals surface area contributed by atoms with Crippen molar-refractivity contribution in [2.75, 3.05) is 13.1 Å². The Bertz CT molecular complexity index is 1000. The first-order valence-electron chi connectivity index (χ1n) is 10.8. The van der Waals surface area contributed by atoms with E-state index in [1.165, 1.54) is 28.6 Å². The van der Waals surface area contributed by atoms with Crippen molar-refractivity contribution >= 4 is 33.7 Å². The van der Waals surface area contributed by atoms with Crippen molar-refractivity contribution in [3.8, 4) is 0 Å². The second-order valence-electron chi connectivity index (χ2n) is 8.00. The van der Waals surface area contributed by atoms with Gasteiger partial charge in [0.05, 0.1) is 4.90 Å². The van der Waals surface area contributed by atoms with Gasteiger partial charge in [0.25, 0.3) is 11.8 Å². The molecule has 33 heavy (non-hydrogen) atoms. The number of benzene rings is 1. The van der Waals surface area contributed by atoms with E-state index in [0.717, 1.165) is 12.8 Å². The summed E-state index contributed by atoms with van der Waals surface area (Å²) in [6.45, 7) is 7.39. The fraction of sp³-hybridized carbons (Fsp3) is 0.524. The SMILES string of the molecule is CCN(CC)S(=O)(=O)c1cccc(C(=O)N[C@H](C(=O)NNC(=O)C(=O)NC2CC2)C(C)C)c1. The molecule has 0 heterocycles. The van der Waals surface area contributed by atoms with E-state index in [9.17, 15) is 27.6 Å². The Morgan fingerprint density at radius 3 is 2.21 bits per heavy atom. The third-order valence-electron chi connectivity index (χ3n) is 5.09. The number of amides is 4. The average Bonchev–Trinajstić information content (AvgIpc) is 3.59. The zero-order valence-electron chi connectivity index (χ0n) is 19.2. The monoisotopic (exact) mass is 481 g/mol. The number of hydrogen-bond donors (Lipinski definition) is 4. The second-order valence-corrected chi connectivity index (χ2v) is 9.94. The molecule has 1 saturated carbocycles. The summed E-state index contributed by atoms with van der Waals surface area (Å²) < 4.78 is 26.8. The lowest BCUT2D eigenvalue weighted by atomic mass is 10.0. The molecule has 0 aliphatic heterocycles. The number of nitrogens with zero attached hydrogens (tertiary/aromatic N) is 1. The van der Waals surface area contributed by atoms with Crippen LogP contribution >= 0.6 is 0 Å². The van der Waals surface area contributed by atoms with E-state index in [0.29, 0.717) is 0 Å². The molecule has 182 valence electrons. The van der Waals surface area contributed by atoms with E-state index < -0.39 is 39.7 Å². The predicted octanol–water partition coefficient (Wildman–Crippen LogP) is -0.102.